The molecule has 164 valence electrons. The van der Waals surface area contributed by atoms with Crippen molar-refractivity contribution in [2.75, 3.05) is 19.3 Å². The van der Waals surface area contributed by atoms with Crippen molar-refractivity contribution in [3.8, 4) is 0 Å². The van der Waals surface area contributed by atoms with Crippen LogP contribution in [0.15, 0.2) is 22.0 Å². The van der Waals surface area contributed by atoms with Crippen LogP contribution in [0.5, 0.6) is 0 Å². The molecule has 9 heteroatoms. The van der Waals surface area contributed by atoms with Crippen molar-refractivity contribution in [3.05, 3.63) is 23.3 Å². The van der Waals surface area contributed by atoms with Crippen LogP contribution in [-0.2, 0) is 0 Å². The summed E-state index contributed by atoms with van der Waals surface area (Å²) in [5, 5.41) is 0. The first-order chi connectivity index (χ1) is 13.3. The van der Waals surface area contributed by atoms with Crippen LogP contribution in [0.1, 0.15) is 50.2 Å². The van der Waals surface area contributed by atoms with Crippen LogP contribution in [0.25, 0.3) is 0 Å². The van der Waals surface area contributed by atoms with Gasteiger partial charge in [-0.1, -0.05) is 19.9 Å². The fourth-order valence-electron chi connectivity index (χ4n) is 3.03. The van der Waals surface area contributed by atoms with Gasteiger partial charge in [-0.15, -0.1) is 11.8 Å². The molecule has 0 unspecified atom stereocenters. The minimum absolute atomic E-state index is 0.0419. The molecule has 0 aliphatic heterocycles. The fourth-order valence-corrected chi connectivity index (χ4v) is 3.83. The standard InChI is InChI=1S/C20H26F6N2S/c1-5-12(2)15-8-13(3)17(29-11-20(24,25)26)9-16(15)27-18(14-6-7-14)28(4)10-19(21,22)23/h8-9,12,14H,5-7,10-11H2,1-4H3/t12-/m1/s1. The van der Waals surface area contributed by atoms with Gasteiger partial charge >= 0.3 is 12.4 Å². The van der Waals surface area contributed by atoms with Gasteiger partial charge in [0, 0.05) is 17.9 Å². The van der Waals surface area contributed by atoms with E-state index in [1.807, 2.05) is 19.9 Å². The van der Waals surface area contributed by atoms with Crippen LogP contribution in [-0.4, -0.2) is 42.4 Å². The van der Waals surface area contributed by atoms with Crippen molar-refractivity contribution >= 4 is 23.3 Å². The van der Waals surface area contributed by atoms with Gasteiger partial charge in [0.25, 0.3) is 0 Å². The van der Waals surface area contributed by atoms with Gasteiger partial charge in [-0.3, -0.25) is 0 Å². The predicted molar refractivity (Wildman–Crippen MR) is 105 cm³/mol. The van der Waals surface area contributed by atoms with Crippen LogP contribution < -0.4 is 0 Å². The smallest absolute Gasteiger partial charge is 0.354 e. The normalized spacial score (nSPS) is 16.8. The topological polar surface area (TPSA) is 15.6 Å². The summed E-state index contributed by atoms with van der Waals surface area (Å²) in [6.45, 7) is 4.60. The highest BCUT2D eigenvalue weighted by molar-refractivity contribution is 7.99. The molecule has 0 aromatic heterocycles. The lowest BCUT2D eigenvalue weighted by molar-refractivity contribution is -0.136. The monoisotopic (exact) mass is 440 g/mol. The zero-order valence-electron chi connectivity index (χ0n) is 16.9. The van der Waals surface area contributed by atoms with Crippen molar-refractivity contribution in [1.82, 2.24) is 4.90 Å². The average Bonchev–Trinajstić information content (AvgIpc) is 3.40. The molecule has 1 aromatic carbocycles. The molecule has 1 fully saturated rings. The van der Waals surface area contributed by atoms with Gasteiger partial charge in [0.05, 0.1) is 11.4 Å². The summed E-state index contributed by atoms with van der Waals surface area (Å²) in [4.78, 5) is 6.13. The van der Waals surface area contributed by atoms with Crippen LogP contribution in [0, 0.1) is 12.8 Å². The molecule has 0 bridgehead atoms. The molecule has 29 heavy (non-hydrogen) atoms. The third-order valence-electron chi connectivity index (χ3n) is 4.84. The first kappa shape index (κ1) is 23.9. The van der Waals surface area contributed by atoms with E-state index >= 15 is 0 Å². The highest BCUT2D eigenvalue weighted by atomic mass is 32.2. The van der Waals surface area contributed by atoms with Crippen LogP contribution in [0.3, 0.4) is 0 Å². The second-order valence-corrected chi connectivity index (χ2v) is 8.62. The van der Waals surface area contributed by atoms with E-state index in [9.17, 15) is 26.3 Å². The minimum Gasteiger partial charge on any atom is -0.354 e. The largest absolute Gasteiger partial charge is 0.405 e. The minimum atomic E-state index is -4.36. The summed E-state index contributed by atoms with van der Waals surface area (Å²) < 4.78 is 76.6. The number of aliphatic imine (C=N–C) groups is 1. The van der Waals surface area contributed by atoms with E-state index in [1.54, 1.807) is 13.0 Å². The summed E-state index contributed by atoms with van der Waals surface area (Å²) in [6, 6.07) is 3.41. The molecule has 2 rings (SSSR count). The average molecular weight is 440 g/mol. The van der Waals surface area contributed by atoms with E-state index in [-0.39, 0.29) is 11.8 Å². The lowest BCUT2D eigenvalue weighted by Gasteiger charge is -2.24. The van der Waals surface area contributed by atoms with Crippen LogP contribution >= 0.6 is 11.8 Å². The fraction of sp³-hybridized carbons (Fsp3) is 0.650. The Morgan fingerprint density at radius 2 is 1.79 bits per heavy atom. The van der Waals surface area contributed by atoms with Gasteiger partial charge in [0.2, 0.25) is 0 Å². The summed E-state index contributed by atoms with van der Waals surface area (Å²) in [7, 11) is 1.36. The summed E-state index contributed by atoms with van der Waals surface area (Å²) in [5.41, 5.74) is 2.02. The van der Waals surface area contributed by atoms with Gasteiger partial charge < -0.3 is 4.90 Å². The zero-order valence-corrected chi connectivity index (χ0v) is 17.7. The van der Waals surface area contributed by atoms with E-state index in [0.29, 0.717) is 33.7 Å². The van der Waals surface area contributed by atoms with Gasteiger partial charge in [-0.2, -0.15) is 26.3 Å². The lowest BCUT2D eigenvalue weighted by atomic mass is 9.95. The van der Waals surface area contributed by atoms with Crippen molar-refractivity contribution in [2.24, 2.45) is 10.9 Å². The molecule has 0 amide bonds. The van der Waals surface area contributed by atoms with Gasteiger partial charge in [0.1, 0.15) is 12.4 Å². The van der Waals surface area contributed by atoms with Crippen molar-refractivity contribution in [1.29, 1.82) is 0 Å². The van der Waals surface area contributed by atoms with Crippen LogP contribution in [0.4, 0.5) is 32.0 Å². The Morgan fingerprint density at radius 1 is 1.17 bits per heavy atom. The summed E-state index contributed by atoms with van der Waals surface area (Å²) in [6.07, 6.45) is -6.34. The zero-order chi connectivity index (χ0) is 22.0. The molecule has 0 N–H and O–H groups in total. The third kappa shape index (κ3) is 7.42. The number of nitrogens with zero attached hydrogens (tertiary/aromatic N) is 2. The second kappa shape index (κ2) is 9.18. The maximum absolute atomic E-state index is 12.9. The molecule has 1 atom stereocenters. The Kier molecular flexibility index (Phi) is 7.57. The Morgan fingerprint density at radius 3 is 2.28 bits per heavy atom. The number of alkyl halides is 6. The third-order valence-corrected chi connectivity index (χ3v) is 6.07. The molecule has 1 aliphatic rings. The number of halogens is 6. The number of benzene rings is 1. The number of amidine groups is 1. The lowest BCUT2D eigenvalue weighted by Crippen LogP contribution is -2.36. The first-order valence-electron chi connectivity index (χ1n) is 9.51. The number of rotatable bonds is 7. The van der Waals surface area contributed by atoms with Crippen molar-refractivity contribution in [2.45, 2.75) is 63.2 Å². The highest BCUT2D eigenvalue weighted by Crippen LogP contribution is 2.40. The van der Waals surface area contributed by atoms with Crippen LogP contribution in [0.2, 0.25) is 0 Å². The van der Waals surface area contributed by atoms with E-state index < -0.39 is 24.7 Å². The molecule has 0 heterocycles. The van der Waals surface area contributed by atoms with Crippen molar-refractivity contribution < 1.29 is 26.3 Å². The molecule has 0 spiro atoms. The van der Waals surface area contributed by atoms with Gasteiger partial charge in [-0.25, -0.2) is 4.99 Å². The molecule has 0 saturated heterocycles. The van der Waals surface area contributed by atoms with E-state index in [1.165, 1.54) is 7.05 Å². The SMILES string of the molecule is CC[C@@H](C)c1cc(C)c(SCC(F)(F)F)cc1N=C(C1CC1)N(C)CC(F)(F)F. The molecule has 1 aromatic rings. The Bertz CT molecular complexity index is 738. The maximum atomic E-state index is 12.9. The Labute approximate surface area is 171 Å². The predicted octanol–water partition coefficient (Wildman–Crippen LogP) is 7.10. The number of aryl methyl sites for hydroxylation is 1. The van der Waals surface area contributed by atoms with Crippen molar-refractivity contribution in [3.63, 3.8) is 0 Å². The second-order valence-electron chi connectivity index (χ2n) is 7.61. The number of thioether (sulfide) groups is 1. The highest BCUT2D eigenvalue weighted by Gasteiger charge is 2.36. The molecule has 1 aliphatic carbocycles. The summed E-state index contributed by atoms with van der Waals surface area (Å²) >= 11 is 0.678. The quantitative estimate of drug-likeness (QED) is 0.195. The molecular formula is C20H26F6N2S. The van der Waals surface area contributed by atoms with E-state index in [2.05, 4.69) is 4.99 Å². The van der Waals surface area contributed by atoms with Gasteiger partial charge in [-0.05, 0) is 49.3 Å². The maximum Gasteiger partial charge on any atom is 0.405 e. The molecular weight excluding hydrogens is 414 g/mol. The summed E-state index contributed by atoms with van der Waals surface area (Å²) in [5.74, 6) is -0.631. The Balaban J connectivity index is 2.46. The van der Waals surface area contributed by atoms with E-state index in [0.717, 1.165) is 29.7 Å². The van der Waals surface area contributed by atoms with Gasteiger partial charge in [0.15, 0.2) is 0 Å². The molecule has 0 radical (unpaired) electrons. The Hall–Kier alpha value is -1.38. The van der Waals surface area contributed by atoms with E-state index in [4.69, 9.17) is 0 Å². The molecule has 1 saturated carbocycles. The number of hydrogen-bond donors (Lipinski definition) is 0. The number of hydrogen-bond acceptors (Lipinski definition) is 2. The first-order valence-corrected chi connectivity index (χ1v) is 10.5. The molecule has 2 nitrogen and oxygen atoms in total.